The molecule has 1 heterocycles. The summed E-state index contributed by atoms with van der Waals surface area (Å²) in [4.78, 5) is 29.8. The summed E-state index contributed by atoms with van der Waals surface area (Å²) in [5.41, 5.74) is -1.84. The lowest BCUT2D eigenvalue weighted by Gasteiger charge is -2.44. The molecular weight excluding hydrogens is 250 g/mol. The van der Waals surface area contributed by atoms with Crippen molar-refractivity contribution < 1.29 is 19.2 Å². The fraction of sp³-hybridized carbons (Fsp3) is 0.750. The SMILES string of the molecule is CON(C)C(=O)C1(C#N)CN(C(=O)OC(C)(C)C)C1. The van der Waals surface area contributed by atoms with Gasteiger partial charge in [-0.3, -0.25) is 9.63 Å². The molecule has 0 aromatic rings. The summed E-state index contributed by atoms with van der Waals surface area (Å²) in [5, 5.41) is 10.1. The zero-order valence-electron chi connectivity index (χ0n) is 11.9. The Kier molecular flexibility index (Phi) is 4.06. The van der Waals surface area contributed by atoms with Crippen molar-refractivity contribution in [3.63, 3.8) is 0 Å². The van der Waals surface area contributed by atoms with E-state index in [1.165, 1.54) is 19.1 Å². The molecule has 0 radical (unpaired) electrons. The predicted molar refractivity (Wildman–Crippen MR) is 65.6 cm³/mol. The van der Waals surface area contributed by atoms with Crippen molar-refractivity contribution in [1.29, 1.82) is 5.26 Å². The van der Waals surface area contributed by atoms with E-state index in [0.717, 1.165) is 5.06 Å². The number of likely N-dealkylation sites (tertiary alicyclic amines) is 1. The van der Waals surface area contributed by atoms with Gasteiger partial charge < -0.3 is 9.64 Å². The topological polar surface area (TPSA) is 82.9 Å². The fourth-order valence-electron chi connectivity index (χ4n) is 1.70. The highest BCUT2D eigenvalue weighted by Gasteiger charge is 2.54. The first-order chi connectivity index (χ1) is 8.65. The lowest BCUT2D eigenvalue weighted by atomic mass is 9.80. The summed E-state index contributed by atoms with van der Waals surface area (Å²) in [5.74, 6) is -0.461. The first-order valence-corrected chi connectivity index (χ1v) is 5.86. The summed E-state index contributed by atoms with van der Waals surface area (Å²) in [7, 11) is 2.77. The van der Waals surface area contributed by atoms with Crippen molar-refractivity contribution >= 4 is 12.0 Å². The van der Waals surface area contributed by atoms with Crippen molar-refractivity contribution in [2.24, 2.45) is 5.41 Å². The number of hydrogen-bond acceptors (Lipinski definition) is 5. The zero-order valence-corrected chi connectivity index (χ0v) is 11.9. The second kappa shape index (κ2) is 5.05. The average molecular weight is 269 g/mol. The Morgan fingerprint density at radius 2 is 1.89 bits per heavy atom. The molecular formula is C12H19N3O4. The molecule has 0 aliphatic carbocycles. The van der Waals surface area contributed by atoms with Gasteiger partial charge in [0.15, 0.2) is 5.41 Å². The Labute approximate surface area is 112 Å². The number of ether oxygens (including phenoxy) is 1. The molecule has 0 atom stereocenters. The van der Waals surface area contributed by atoms with Gasteiger partial charge in [0.05, 0.1) is 26.3 Å². The molecule has 1 rings (SSSR count). The molecule has 1 aliphatic heterocycles. The van der Waals surface area contributed by atoms with Crippen LogP contribution in [0.25, 0.3) is 0 Å². The van der Waals surface area contributed by atoms with E-state index in [9.17, 15) is 9.59 Å². The van der Waals surface area contributed by atoms with Crippen LogP contribution < -0.4 is 0 Å². The minimum atomic E-state index is -1.23. The molecule has 1 fully saturated rings. The molecule has 1 aliphatic rings. The zero-order chi connectivity index (χ0) is 14.8. The predicted octanol–water partition coefficient (Wildman–Crippen LogP) is 0.767. The van der Waals surface area contributed by atoms with Gasteiger partial charge >= 0.3 is 6.09 Å². The van der Waals surface area contributed by atoms with Crippen LogP contribution in [0.4, 0.5) is 4.79 Å². The van der Waals surface area contributed by atoms with Gasteiger partial charge in [-0.05, 0) is 20.8 Å². The van der Waals surface area contributed by atoms with Crippen LogP contribution in [0.15, 0.2) is 0 Å². The summed E-state index contributed by atoms with van der Waals surface area (Å²) < 4.78 is 5.17. The second-order valence-electron chi connectivity index (χ2n) is 5.52. The number of nitriles is 1. The monoisotopic (exact) mass is 269 g/mol. The van der Waals surface area contributed by atoms with Crippen molar-refractivity contribution in [2.45, 2.75) is 26.4 Å². The van der Waals surface area contributed by atoms with E-state index in [0.29, 0.717) is 0 Å². The molecule has 0 saturated carbocycles. The van der Waals surface area contributed by atoms with E-state index < -0.39 is 23.0 Å². The van der Waals surface area contributed by atoms with Gasteiger partial charge in [0.25, 0.3) is 5.91 Å². The third-order valence-corrected chi connectivity index (χ3v) is 2.76. The van der Waals surface area contributed by atoms with Crippen LogP contribution in [0.1, 0.15) is 20.8 Å². The molecule has 19 heavy (non-hydrogen) atoms. The Morgan fingerprint density at radius 3 is 2.26 bits per heavy atom. The number of rotatable bonds is 2. The summed E-state index contributed by atoms with van der Waals surface area (Å²) in [6, 6.07) is 1.96. The normalized spacial score (nSPS) is 17.2. The number of carbonyl (C=O) groups is 2. The Hall–Kier alpha value is -1.81. The third-order valence-electron chi connectivity index (χ3n) is 2.76. The van der Waals surface area contributed by atoms with E-state index in [2.05, 4.69) is 0 Å². The Bertz CT molecular complexity index is 416. The summed E-state index contributed by atoms with van der Waals surface area (Å²) in [6.07, 6.45) is -0.522. The highest BCUT2D eigenvalue weighted by molar-refractivity contribution is 5.88. The molecule has 0 aromatic heterocycles. The Balaban J connectivity index is 2.66. The standard InChI is InChI=1S/C12H19N3O4/c1-11(2,3)19-10(17)15-7-12(6-13,8-15)9(16)14(4)18-5/h7-8H2,1-5H3. The minimum absolute atomic E-state index is 0.0188. The minimum Gasteiger partial charge on any atom is -0.444 e. The molecule has 0 N–H and O–H groups in total. The van der Waals surface area contributed by atoms with Crippen molar-refractivity contribution in [3.05, 3.63) is 0 Å². The van der Waals surface area contributed by atoms with Gasteiger partial charge in [-0.15, -0.1) is 0 Å². The smallest absolute Gasteiger partial charge is 0.410 e. The molecule has 0 aromatic carbocycles. The van der Waals surface area contributed by atoms with Gasteiger partial charge in [-0.2, -0.15) is 5.26 Å². The first kappa shape index (κ1) is 15.2. The van der Waals surface area contributed by atoms with Gasteiger partial charge in [0.2, 0.25) is 0 Å². The van der Waals surface area contributed by atoms with Crippen LogP contribution >= 0.6 is 0 Å². The maximum atomic E-state index is 12.0. The summed E-state index contributed by atoms with van der Waals surface area (Å²) >= 11 is 0. The fourth-order valence-corrected chi connectivity index (χ4v) is 1.70. The second-order valence-corrected chi connectivity index (χ2v) is 5.52. The van der Waals surface area contributed by atoms with Crippen LogP contribution in [-0.4, -0.2) is 54.8 Å². The van der Waals surface area contributed by atoms with Crippen LogP contribution in [0.3, 0.4) is 0 Å². The molecule has 2 amide bonds. The van der Waals surface area contributed by atoms with Crippen LogP contribution in [0.5, 0.6) is 0 Å². The lowest BCUT2D eigenvalue weighted by molar-refractivity contribution is -0.183. The number of hydrogen-bond donors (Lipinski definition) is 0. The van der Waals surface area contributed by atoms with Gasteiger partial charge in [0, 0.05) is 7.05 Å². The third kappa shape index (κ3) is 3.15. The first-order valence-electron chi connectivity index (χ1n) is 5.86. The lowest BCUT2D eigenvalue weighted by Crippen LogP contribution is -2.64. The van der Waals surface area contributed by atoms with Gasteiger partial charge in [0.1, 0.15) is 5.60 Å². The number of carbonyl (C=O) groups excluding carboxylic acids is 2. The van der Waals surface area contributed by atoms with Crippen LogP contribution in [-0.2, 0) is 14.4 Å². The van der Waals surface area contributed by atoms with Crippen LogP contribution in [0.2, 0.25) is 0 Å². The number of nitrogens with zero attached hydrogens (tertiary/aromatic N) is 3. The van der Waals surface area contributed by atoms with E-state index >= 15 is 0 Å². The number of amides is 2. The largest absolute Gasteiger partial charge is 0.444 e. The molecule has 1 saturated heterocycles. The molecule has 7 heteroatoms. The maximum Gasteiger partial charge on any atom is 0.410 e. The molecule has 0 bridgehead atoms. The maximum absolute atomic E-state index is 12.0. The highest BCUT2D eigenvalue weighted by Crippen LogP contribution is 2.32. The van der Waals surface area contributed by atoms with E-state index in [-0.39, 0.29) is 13.1 Å². The van der Waals surface area contributed by atoms with E-state index in [4.69, 9.17) is 14.8 Å². The highest BCUT2D eigenvalue weighted by atomic mass is 16.7. The van der Waals surface area contributed by atoms with Crippen LogP contribution in [0, 0.1) is 16.7 Å². The van der Waals surface area contributed by atoms with Crippen molar-refractivity contribution in [1.82, 2.24) is 9.96 Å². The molecule has 106 valence electrons. The van der Waals surface area contributed by atoms with Gasteiger partial charge in [-0.25, -0.2) is 9.86 Å². The quantitative estimate of drug-likeness (QED) is 0.691. The molecule has 0 spiro atoms. The van der Waals surface area contributed by atoms with Gasteiger partial charge in [-0.1, -0.05) is 0 Å². The van der Waals surface area contributed by atoms with Crippen molar-refractivity contribution in [2.75, 3.05) is 27.2 Å². The van der Waals surface area contributed by atoms with Crippen molar-refractivity contribution in [3.8, 4) is 6.07 Å². The molecule has 0 unspecified atom stereocenters. The summed E-state index contributed by atoms with van der Waals surface area (Å²) in [6.45, 7) is 5.31. The van der Waals surface area contributed by atoms with E-state index in [1.807, 2.05) is 6.07 Å². The molecule has 7 nitrogen and oxygen atoms in total. The van der Waals surface area contributed by atoms with E-state index in [1.54, 1.807) is 20.8 Å². The Morgan fingerprint density at radius 1 is 1.37 bits per heavy atom. The number of hydroxylamine groups is 2. The average Bonchev–Trinajstić information content (AvgIpc) is 2.24.